The summed E-state index contributed by atoms with van der Waals surface area (Å²) in [5.41, 5.74) is 1.84. The minimum Gasteiger partial charge on any atom is -0.353 e. The summed E-state index contributed by atoms with van der Waals surface area (Å²) >= 11 is 5.98. The molecule has 7 nitrogen and oxygen atoms in total. The molecule has 1 aromatic carbocycles. The summed E-state index contributed by atoms with van der Waals surface area (Å²) in [5.74, 6) is 0.356. The molecule has 1 saturated heterocycles. The van der Waals surface area contributed by atoms with Gasteiger partial charge >= 0.3 is 0 Å². The number of hydrogen-bond acceptors (Lipinski definition) is 5. The van der Waals surface area contributed by atoms with E-state index in [9.17, 15) is 9.59 Å². The van der Waals surface area contributed by atoms with Gasteiger partial charge in [0.1, 0.15) is 17.8 Å². The van der Waals surface area contributed by atoms with Crippen molar-refractivity contribution in [1.29, 1.82) is 0 Å². The van der Waals surface area contributed by atoms with E-state index in [4.69, 9.17) is 11.6 Å². The lowest BCUT2D eigenvalue weighted by molar-refractivity contribution is -0.118. The lowest BCUT2D eigenvalue weighted by Gasteiger charge is -2.33. The van der Waals surface area contributed by atoms with Gasteiger partial charge in [-0.15, -0.1) is 0 Å². The number of nitrogens with one attached hydrogen (secondary N) is 1. The van der Waals surface area contributed by atoms with Crippen LogP contribution in [-0.2, 0) is 4.79 Å². The molecule has 2 amide bonds. The highest BCUT2D eigenvalue weighted by molar-refractivity contribution is 6.31. The maximum atomic E-state index is 12.5. The van der Waals surface area contributed by atoms with Gasteiger partial charge in [-0.1, -0.05) is 17.7 Å². The second-order valence-corrected chi connectivity index (χ2v) is 6.24. The van der Waals surface area contributed by atoms with Gasteiger partial charge < -0.3 is 15.1 Å². The molecule has 0 atom stereocenters. The smallest absolute Gasteiger partial charge is 0.274 e. The quantitative estimate of drug-likeness (QED) is 0.844. The van der Waals surface area contributed by atoms with Gasteiger partial charge in [-0.25, -0.2) is 9.97 Å². The third-order valence-electron chi connectivity index (χ3n) is 4.12. The van der Waals surface area contributed by atoms with Crippen molar-refractivity contribution in [1.82, 2.24) is 14.9 Å². The fraction of sp³-hybridized carbons (Fsp3) is 0.294. The maximum Gasteiger partial charge on any atom is 0.274 e. The van der Waals surface area contributed by atoms with Crippen LogP contribution in [0, 0.1) is 6.92 Å². The Morgan fingerprint density at radius 2 is 1.96 bits per heavy atom. The first-order valence-corrected chi connectivity index (χ1v) is 8.28. The minimum atomic E-state index is -0.319. The van der Waals surface area contributed by atoms with Crippen LogP contribution in [0.25, 0.3) is 0 Å². The third-order valence-corrected chi connectivity index (χ3v) is 4.36. The zero-order valence-corrected chi connectivity index (χ0v) is 14.5. The molecule has 0 saturated carbocycles. The molecular formula is C17H18ClN5O2. The molecule has 0 radical (unpaired) electrons. The Labute approximate surface area is 150 Å². The topological polar surface area (TPSA) is 78.4 Å². The van der Waals surface area contributed by atoms with E-state index in [1.54, 1.807) is 23.1 Å². The first-order valence-electron chi connectivity index (χ1n) is 7.90. The molecule has 2 heterocycles. The summed E-state index contributed by atoms with van der Waals surface area (Å²) in [7, 11) is 0. The summed E-state index contributed by atoms with van der Waals surface area (Å²) < 4.78 is 0. The fourth-order valence-electron chi connectivity index (χ4n) is 2.62. The second-order valence-electron chi connectivity index (χ2n) is 5.80. The number of carbonyl (C=O) groups excluding carboxylic acids is 2. The molecule has 3 rings (SSSR count). The van der Waals surface area contributed by atoms with Crippen molar-refractivity contribution < 1.29 is 9.59 Å². The van der Waals surface area contributed by atoms with Crippen LogP contribution in [0.2, 0.25) is 5.02 Å². The van der Waals surface area contributed by atoms with Gasteiger partial charge in [0.2, 0.25) is 6.41 Å². The van der Waals surface area contributed by atoms with Crippen LogP contribution in [0.1, 0.15) is 16.1 Å². The number of nitrogens with zero attached hydrogens (tertiary/aromatic N) is 4. The lowest BCUT2D eigenvalue weighted by atomic mass is 10.2. The Morgan fingerprint density at radius 1 is 1.20 bits per heavy atom. The molecule has 1 aliphatic rings. The van der Waals surface area contributed by atoms with Gasteiger partial charge in [0, 0.05) is 43.0 Å². The predicted molar refractivity (Wildman–Crippen MR) is 96.0 cm³/mol. The van der Waals surface area contributed by atoms with Gasteiger partial charge in [0.15, 0.2) is 0 Å². The van der Waals surface area contributed by atoms with E-state index in [0.29, 0.717) is 42.7 Å². The number of benzene rings is 1. The highest BCUT2D eigenvalue weighted by Crippen LogP contribution is 2.21. The Morgan fingerprint density at radius 3 is 2.68 bits per heavy atom. The minimum absolute atomic E-state index is 0.280. The molecule has 0 unspecified atom stereocenters. The number of aryl methyl sites for hydroxylation is 1. The number of aromatic nitrogens is 2. The predicted octanol–water partition coefficient (Wildman–Crippen LogP) is 1.97. The van der Waals surface area contributed by atoms with E-state index < -0.39 is 0 Å². The zero-order chi connectivity index (χ0) is 17.8. The summed E-state index contributed by atoms with van der Waals surface area (Å²) in [6.07, 6.45) is 2.23. The SMILES string of the molecule is Cc1ccc(Cl)cc1NC(=O)c1cc(N2CCN(C=O)CC2)ncn1. The number of hydrogen-bond donors (Lipinski definition) is 1. The maximum absolute atomic E-state index is 12.5. The van der Waals surface area contributed by atoms with Gasteiger partial charge in [-0.2, -0.15) is 0 Å². The van der Waals surface area contributed by atoms with Crippen LogP contribution in [0.3, 0.4) is 0 Å². The van der Waals surface area contributed by atoms with Gasteiger partial charge in [0.25, 0.3) is 5.91 Å². The fourth-order valence-corrected chi connectivity index (χ4v) is 2.79. The van der Waals surface area contributed by atoms with Gasteiger partial charge in [-0.3, -0.25) is 9.59 Å². The van der Waals surface area contributed by atoms with E-state index in [2.05, 4.69) is 15.3 Å². The van der Waals surface area contributed by atoms with Crippen molar-refractivity contribution >= 4 is 35.4 Å². The molecular weight excluding hydrogens is 342 g/mol. The van der Waals surface area contributed by atoms with Crippen molar-refractivity contribution in [3.05, 3.63) is 46.9 Å². The van der Waals surface area contributed by atoms with Crippen molar-refractivity contribution in [2.24, 2.45) is 0 Å². The Balaban J connectivity index is 1.73. The van der Waals surface area contributed by atoms with Crippen molar-refractivity contribution in [3.8, 4) is 0 Å². The second kappa shape index (κ2) is 7.48. The largest absolute Gasteiger partial charge is 0.353 e. The molecule has 2 aromatic rings. The molecule has 1 aliphatic heterocycles. The Bertz CT molecular complexity index is 790. The molecule has 0 bridgehead atoms. The first kappa shape index (κ1) is 17.2. The number of anilines is 2. The van der Waals surface area contributed by atoms with E-state index >= 15 is 0 Å². The van der Waals surface area contributed by atoms with E-state index in [1.807, 2.05) is 17.9 Å². The van der Waals surface area contributed by atoms with Crippen molar-refractivity contribution in [2.75, 3.05) is 36.4 Å². The van der Waals surface area contributed by atoms with Crippen LogP contribution in [0.5, 0.6) is 0 Å². The monoisotopic (exact) mass is 359 g/mol. The number of halogens is 1. The summed E-state index contributed by atoms with van der Waals surface area (Å²) in [4.78, 5) is 35.3. The van der Waals surface area contributed by atoms with Crippen LogP contribution < -0.4 is 10.2 Å². The average molecular weight is 360 g/mol. The van der Waals surface area contributed by atoms with Gasteiger partial charge in [-0.05, 0) is 24.6 Å². The lowest BCUT2D eigenvalue weighted by Crippen LogP contribution is -2.46. The number of rotatable bonds is 4. The van der Waals surface area contributed by atoms with Crippen molar-refractivity contribution in [2.45, 2.75) is 6.92 Å². The molecule has 25 heavy (non-hydrogen) atoms. The average Bonchev–Trinajstić information content (AvgIpc) is 2.65. The Kier molecular flexibility index (Phi) is 5.14. The first-order chi connectivity index (χ1) is 12.1. The molecule has 0 spiro atoms. The molecule has 1 N–H and O–H groups in total. The van der Waals surface area contributed by atoms with Crippen LogP contribution >= 0.6 is 11.6 Å². The van der Waals surface area contributed by atoms with E-state index in [1.165, 1.54) is 6.33 Å². The van der Waals surface area contributed by atoms with Crippen LogP contribution in [-0.4, -0.2) is 53.4 Å². The van der Waals surface area contributed by atoms with E-state index in [0.717, 1.165) is 12.0 Å². The number of piperazine rings is 1. The highest BCUT2D eigenvalue weighted by atomic mass is 35.5. The third kappa shape index (κ3) is 4.06. The standard InChI is InChI=1S/C17H18ClN5O2/c1-12-2-3-13(18)8-14(12)21-17(25)15-9-16(20-10-19-15)23-6-4-22(11-24)5-7-23/h2-3,8-11H,4-7H2,1H3,(H,21,25). The molecule has 1 aromatic heterocycles. The number of carbonyl (C=O) groups is 2. The van der Waals surface area contributed by atoms with Crippen LogP contribution in [0.4, 0.5) is 11.5 Å². The zero-order valence-electron chi connectivity index (χ0n) is 13.8. The molecule has 130 valence electrons. The van der Waals surface area contributed by atoms with Crippen LogP contribution in [0.15, 0.2) is 30.6 Å². The summed E-state index contributed by atoms with van der Waals surface area (Å²) in [6, 6.07) is 6.98. The molecule has 8 heteroatoms. The Hall–Kier alpha value is -2.67. The summed E-state index contributed by atoms with van der Waals surface area (Å²) in [5, 5.41) is 3.38. The summed E-state index contributed by atoms with van der Waals surface area (Å²) in [6.45, 7) is 4.51. The van der Waals surface area contributed by atoms with E-state index in [-0.39, 0.29) is 11.6 Å². The molecule has 1 fully saturated rings. The van der Waals surface area contributed by atoms with Gasteiger partial charge in [0.05, 0.1) is 0 Å². The normalized spacial score (nSPS) is 14.3. The van der Waals surface area contributed by atoms with Crippen molar-refractivity contribution in [3.63, 3.8) is 0 Å². The highest BCUT2D eigenvalue weighted by Gasteiger charge is 2.18. The number of amides is 2. The molecule has 0 aliphatic carbocycles.